The number of aromatic nitrogens is 4. The van der Waals surface area contributed by atoms with Gasteiger partial charge in [-0.3, -0.25) is 4.57 Å². The number of nitrogens with zero attached hydrogens (tertiary/aromatic N) is 4. The molecule has 1 unspecified atom stereocenters. The smallest absolute Gasteiger partial charge is 0.242 e. The molecule has 1 saturated heterocycles. The third kappa shape index (κ3) is 4.34. The van der Waals surface area contributed by atoms with E-state index in [-0.39, 0.29) is 17.0 Å². The Bertz CT molecular complexity index is 1610. The Morgan fingerprint density at radius 3 is 1.93 bits per heavy atom. The van der Waals surface area contributed by atoms with E-state index in [0.29, 0.717) is 22.6 Å². The molecule has 1 fully saturated rings. The lowest BCUT2D eigenvalue weighted by Crippen LogP contribution is -2.52. The van der Waals surface area contributed by atoms with Gasteiger partial charge >= 0.3 is 0 Å². The average Bonchev–Trinajstić information content (AvgIpc) is 3.59. The van der Waals surface area contributed by atoms with Gasteiger partial charge < -0.3 is 34.6 Å². The highest BCUT2D eigenvalue weighted by Gasteiger charge is 2.55. The van der Waals surface area contributed by atoms with Crippen molar-refractivity contribution >= 4 is 11.2 Å². The largest absolute Gasteiger partial charge is 0.497 e. The zero-order valence-corrected chi connectivity index (χ0v) is 22.8. The quantitative estimate of drug-likeness (QED) is 0.205. The molecule has 6 rings (SSSR count). The minimum Gasteiger partial charge on any atom is -0.497 e. The van der Waals surface area contributed by atoms with E-state index in [9.17, 15) is 20.4 Å². The van der Waals surface area contributed by atoms with E-state index in [1.54, 1.807) is 38.5 Å². The van der Waals surface area contributed by atoms with E-state index in [4.69, 9.17) is 14.2 Å². The molecule has 42 heavy (non-hydrogen) atoms. The van der Waals surface area contributed by atoms with E-state index in [1.165, 1.54) is 10.9 Å². The van der Waals surface area contributed by atoms with Crippen LogP contribution in [0.1, 0.15) is 22.9 Å². The van der Waals surface area contributed by atoms with Gasteiger partial charge in [0.25, 0.3) is 0 Å². The molecule has 0 radical (unpaired) electrons. The van der Waals surface area contributed by atoms with Crippen molar-refractivity contribution in [2.45, 2.75) is 36.1 Å². The van der Waals surface area contributed by atoms with Crippen molar-refractivity contribution in [3.63, 3.8) is 0 Å². The molecule has 0 amide bonds. The molecule has 5 atom stereocenters. The van der Waals surface area contributed by atoms with Crippen molar-refractivity contribution in [1.29, 1.82) is 0 Å². The summed E-state index contributed by atoms with van der Waals surface area (Å²) in [4.78, 5) is 12.1. The summed E-state index contributed by atoms with van der Waals surface area (Å²) in [5, 5.41) is 45.2. The van der Waals surface area contributed by atoms with Crippen LogP contribution < -0.4 is 9.47 Å². The Hall–Kier alpha value is -4.55. The SMILES string of the molecule is COc1ccc(C(c2ccccc2)(c2ccc(OC)cc2)C(O)[C@H]2O[C@@H](n3cnc4c(O)ncnc43)[C@H](O)[C@@H]2O)cc1. The lowest BCUT2D eigenvalue weighted by atomic mass is 9.64. The van der Waals surface area contributed by atoms with Crippen LogP contribution in [0.25, 0.3) is 11.2 Å². The van der Waals surface area contributed by atoms with Crippen LogP contribution in [0.4, 0.5) is 0 Å². The molecule has 216 valence electrons. The van der Waals surface area contributed by atoms with Gasteiger partial charge in [0.05, 0.1) is 26.0 Å². The van der Waals surface area contributed by atoms with E-state index in [1.807, 2.05) is 54.6 Å². The van der Waals surface area contributed by atoms with Crippen LogP contribution in [-0.2, 0) is 10.2 Å². The number of hydrogen-bond donors (Lipinski definition) is 4. The van der Waals surface area contributed by atoms with Gasteiger partial charge in [-0.2, -0.15) is 4.98 Å². The Morgan fingerprint density at radius 1 is 0.786 bits per heavy atom. The molecule has 0 saturated carbocycles. The fourth-order valence-corrected chi connectivity index (χ4v) is 5.87. The zero-order valence-electron chi connectivity index (χ0n) is 22.8. The molecule has 3 heterocycles. The maximum Gasteiger partial charge on any atom is 0.242 e. The standard InChI is InChI=1S/C31H30N4O7/c1-40-21-12-8-19(9-13-21)31(18-6-4-3-5-7-18,20-10-14-22(41-2)15-11-20)27(38)26-24(36)25(37)30(42-26)35-17-34-23-28(35)32-16-33-29(23)39/h3-17,24-27,30,36-38H,1-2H3,(H,32,33,39)/t24-,25+,26-,27?,30+/m0/s1. The normalized spacial score (nSPS) is 21.4. The van der Waals surface area contributed by atoms with Crippen LogP contribution >= 0.6 is 0 Å². The highest BCUT2D eigenvalue weighted by molar-refractivity contribution is 5.75. The third-order valence-corrected chi connectivity index (χ3v) is 7.96. The molecule has 5 aromatic rings. The van der Waals surface area contributed by atoms with Crippen molar-refractivity contribution in [2.24, 2.45) is 0 Å². The minimum atomic E-state index is -1.50. The molecule has 0 spiro atoms. The second-order valence-corrected chi connectivity index (χ2v) is 10.1. The van der Waals surface area contributed by atoms with Crippen molar-refractivity contribution in [3.05, 3.63) is 108 Å². The summed E-state index contributed by atoms with van der Waals surface area (Å²) in [6.45, 7) is 0. The lowest BCUT2D eigenvalue weighted by molar-refractivity contribution is -0.0972. The second-order valence-electron chi connectivity index (χ2n) is 10.1. The van der Waals surface area contributed by atoms with E-state index in [0.717, 1.165) is 11.9 Å². The molecule has 11 nitrogen and oxygen atoms in total. The Morgan fingerprint density at radius 2 is 1.36 bits per heavy atom. The van der Waals surface area contributed by atoms with Crippen molar-refractivity contribution in [1.82, 2.24) is 19.5 Å². The molecule has 1 aliphatic heterocycles. The van der Waals surface area contributed by atoms with Gasteiger partial charge in [0, 0.05) is 0 Å². The van der Waals surface area contributed by atoms with Crippen LogP contribution in [0.2, 0.25) is 0 Å². The third-order valence-electron chi connectivity index (χ3n) is 7.96. The van der Waals surface area contributed by atoms with Crippen molar-refractivity contribution in [3.8, 4) is 17.4 Å². The van der Waals surface area contributed by atoms with Crippen LogP contribution in [0.15, 0.2) is 91.5 Å². The minimum absolute atomic E-state index is 0.113. The monoisotopic (exact) mass is 570 g/mol. The number of imidazole rings is 1. The molecule has 2 aromatic heterocycles. The fourth-order valence-electron chi connectivity index (χ4n) is 5.87. The summed E-state index contributed by atoms with van der Waals surface area (Å²) < 4.78 is 18.5. The predicted octanol–water partition coefficient (Wildman–Crippen LogP) is 2.56. The molecule has 3 aromatic carbocycles. The summed E-state index contributed by atoms with van der Waals surface area (Å²) in [6.07, 6.45) is -4.33. The number of aromatic hydroxyl groups is 1. The van der Waals surface area contributed by atoms with Crippen molar-refractivity contribution < 1.29 is 34.6 Å². The zero-order chi connectivity index (χ0) is 29.4. The molecule has 0 bridgehead atoms. The van der Waals surface area contributed by atoms with Gasteiger partial charge in [0.1, 0.15) is 42.2 Å². The first-order valence-corrected chi connectivity index (χ1v) is 13.3. The number of methoxy groups -OCH3 is 2. The number of aliphatic hydroxyl groups is 3. The fraction of sp³-hybridized carbons (Fsp3) is 0.258. The molecule has 4 N–H and O–H groups in total. The van der Waals surface area contributed by atoms with Crippen LogP contribution in [0.5, 0.6) is 17.4 Å². The van der Waals surface area contributed by atoms with Gasteiger partial charge in [-0.25, -0.2) is 9.97 Å². The van der Waals surface area contributed by atoms with E-state index >= 15 is 0 Å². The Labute approximate surface area is 241 Å². The second kappa shape index (κ2) is 11.0. The lowest BCUT2D eigenvalue weighted by Gasteiger charge is -2.42. The predicted molar refractivity (Wildman–Crippen MR) is 151 cm³/mol. The molecular weight excluding hydrogens is 540 g/mol. The molecule has 0 aliphatic carbocycles. The van der Waals surface area contributed by atoms with E-state index < -0.39 is 36.1 Å². The first-order valence-electron chi connectivity index (χ1n) is 13.3. The maximum absolute atomic E-state index is 12.5. The molecule has 1 aliphatic rings. The summed E-state index contributed by atoms with van der Waals surface area (Å²) in [6, 6.07) is 24.1. The number of ether oxygens (including phenoxy) is 3. The van der Waals surface area contributed by atoms with E-state index in [2.05, 4.69) is 15.0 Å². The van der Waals surface area contributed by atoms with Gasteiger partial charge in [-0.05, 0) is 41.0 Å². The number of rotatable bonds is 8. The summed E-state index contributed by atoms with van der Waals surface area (Å²) in [5.41, 5.74) is 1.17. The number of fused-ring (bicyclic) bond motifs is 1. The van der Waals surface area contributed by atoms with Gasteiger partial charge in [-0.1, -0.05) is 54.6 Å². The average molecular weight is 571 g/mol. The van der Waals surface area contributed by atoms with Crippen LogP contribution in [-0.4, -0.2) is 78.6 Å². The molecular formula is C31H30N4O7. The highest BCUT2D eigenvalue weighted by atomic mass is 16.6. The van der Waals surface area contributed by atoms with Gasteiger partial charge in [0.15, 0.2) is 17.4 Å². The topological polar surface area (TPSA) is 152 Å². The highest BCUT2D eigenvalue weighted by Crippen LogP contribution is 2.47. The van der Waals surface area contributed by atoms with Gasteiger partial charge in [0.2, 0.25) is 5.88 Å². The summed E-state index contributed by atoms with van der Waals surface area (Å²) in [7, 11) is 3.15. The van der Waals surface area contributed by atoms with Gasteiger partial charge in [-0.15, -0.1) is 0 Å². The Kier molecular flexibility index (Phi) is 7.25. The number of benzene rings is 3. The van der Waals surface area contributed by atoms with Crippen molar-refractivity contribution in [2.75, 3.05) is 14.2 Å². The van der Waals surface area contributed by atoms with Crippen LogP contribution in [0.3, 0.4) is 0 Å². The first kappa shape index (κ1) is 27.6. The van der Waals surface area contributed by atoms with Crippen LogP contribution in [0, 0.1) is 0 Å². The number of aliphatic hydroxyl groups excluding tert-OH is 3. The summed E-state index contributed by atoms with van der Waals surface area (Å²) >= 11 is 0. The maximum atomic E-state index is 12.5. The number of hydrogen-bond acceptors (Lipinski definition) is 10. The summed E-state index contributed by atoms with van der Waals surface area (Å²) in [5.74, 6) is 0.940. The molecule has 11 heteroatoms. The Balaban J connectivity index is 1.52. The first-order chi connectivity index (χ1) is 20.4.